The Hall–Kier alpha value is -2.73. The van der Waals surface area contributed by atoms with Crippen molar-refractivity contribution in [3.63, 3.8) is 0 Å². The van der Waals surface area contributed by atoms with Crippen LogP contribution >= 0.6 is 0 Å². The Morgan fingerprint density at radius 1 is 0.857 bits per heavy atom. The minimum atomic E-state index is -0.0423. The van der Waals surface area contributed by atoms with Crippen molar-refractivity contribution in [2.24, 2.45) is 0 Å². The molecule has 6 heteroatoms. The van der Waals surface area contributed by atoms with Crippen LogP contribution < -0.4 is 14.2 Å². The van der Waals surface area contributed by atoms with E-state index in [-0.39, 0.29) is 5.91 Å². The molecule has 0 atom stereocenters. The number of hydrogen-bond acceptors (Lipinski definition) is 5. The van der Waals surface area contributed by atoms with E-state index < -0.39 is 0 Å². The molecule has 0 bridgehead atoms. The van der Waals surface area contributed by atoms with Crippen LogP contribution in [0.25, 0.3) is 0 Å². The lowest BCUT2D eigenvalue weighted by Gasteiger charge is -2.23. The largest absolute Gasteiger partial charge is 0.493 e. The van der Waals surface area contributed by atoms with Crippen LogP contribution in [0, 0.1) is 0 Å². The van der Waals surface area contributed by atoms with Gasteiger partial charge in [0.1, 0.15) is 0 Å². The quantitative estimate of drug-likeness (QED) is 0.766. The number of ether oxygens (including phenoxy) is 3. The topological polar surface area (TPSA) is 51.2 Å². The lowest BCUT2D eigenvalue weighted by atomic mass is 10.1. The Balaban J connectivity index is 1.73. The zero-order valence-electron chi connectivity index (χ0n) is 16.8. The fourth-order valence-corrected chi connectivity index (χ4v) is 3.61. The number of hydrogen-bond donors (Lipinski definition) is 0. The van der Waals surface area contributed by atoms with Gasteiger partial charge in [-0.3, -0.25) is 9.69 Å². The molecule has 1 heterocycles. The smallest absolute Gasteiger partial charge is 0.257 e. The Bertz CT molecular complexity index is 795. The van der Waals surface area contributed by atoms with Gasteiger partial charge in [-0.25, -0.2) is 0 Å². The molecule has 6 nitrogen and oxygen atoms in total. The molecule has 28 heavy (non-hydrogen) atoms. The number of benzene rings is 2. The summed E-state index contributed by atoms with van der Waals surface area (Å²) in [5.41, 5.74) is 1.79. The van der Waals surface area contributed by atoms with Crippen molar-refractivity contribution in [3.8, 4) is 17.2 Å². The fourth-order valence-electron chi connectivity index (χ4n) is 3.61. The third-order valence-corrected chi connectivity index (χ3v) is 5.06. The first kappa shape index (κ1) is 20.0. The molecule has 0 aliphatic carbocycles. The summed E-state index contributed by atoms with van der Waals surface area (Å²) in [4.78, 5) is 17.5. The highest BCUT2D eigenvalue weighted by atomic mass is 16.5. The fraction of sp³-hybridized carbons (Fsp3) is 0.409. The van der Waals surface area contributed by atoms with Gasteiger partial charge >= 0.3 is 0 Å². The molecule has 150 valence electrons. The summed E-state index contributed by atoms with van der Waals surface area (Å²) in [7, 11) is 4.65. The molecule has 1 aliphatic heterocycles. The molecule has 1 saturated heterocycles. The zero-order chi connectivity index (χ0) is 19.9. The highest BCUT2D eigenvalue weighted by Gasteiger charge is 2.26. The van der Waals surface area contributed by atoms with Crippen molar-refractivity contribution in [3.05, 3.63) is 53.6 Å². The number of carbonyl (C=O) groups excluding carboxylic acids is 1. The van der Waals surface area contributed by atoms with Crippen LogP contribution in [0.3, 0.4) is 0 Å². The van der Waals surface area contributed by atoms with Crippen molar-refractivity contribution in [1.29, 1.82) is 0 Å². The van der Waals surface area contributed by atoms with Crippen LogP contribution in [-0.2, 0) is 6.54 Å². The second-order valence-electron chi connectivity index (χ2n) is 6.79. The molecule has 1 aliphatic rings. The molecule has 0 N–H and O–H groups in total. The Morgan fingerprint density at radius 2 is 1.61 bits per heavy atom. The lowest BCUT2D eigenvalue weighted by molar-refractivity contribution is 0.0757. The molecule has 1 fully saturated rings. The Morgan fingerprint density at radius 3 is 2.29 bits per heavy atom. The molecule has 0 radical (unpaired) electrons. The average molecular weight is 384 g/mol. The Labute approximate surface area is 166 Å². The molecular formula is C22H28N2O4. The van der Waals surface area contributed by atoms with Crippen molar-refractivity contribution in [2.75, 3.05) is 47.5 Å². The first-order chi connectivity index (χ1) is 13.7. The highest BCUT2D eigenvalue weighted by molar-refractivity contribution is 5.98. The second-order valence-corrected chi connectivity index (χ2v) is 6.79. The van der Waals surface area contributed by atoms with Gasteiger partial charge in [0.25, 0.3) is 5.91 Å². The third kappa shape index (κ3) is 4.39. The minimum absolute atomic E-state index is 0.0423. The van der Waals surface area contributed by atoms with E-state index in [1.54, 1.807) is 26.4 Å². The number of methoxy groups -OCH3 is 3. The summed E-state index contributed by atoms with van der Waals surface area (Å²) in [5, 5.41) is 0. The van der Waals surface area contributed by atoms with Gasteiger partial charge in [-0.1, -0.05) is 30.3 Å². The van der Waals surface area contributed by atoms with Gasteiger partial charge in [-0.15, -0.1) is 0 Å². The van der Waals surface area contributed by atoms with E-state index in [2.05, 4.69) is 29.2 Å². The number of amides is 1. The minimum Gasteiger partial charge on any atom is -0.493 e. The molecule has 0 saturated carbocycles. The molecule has 1 amide bonds. The first-order valence-electron chi connectivity index (χ1n) is 9.52. The maximum Gasteiger partial charge on any atom is 0.257 e. The van der Waals surface area contributed by atoms with Crippen LogP contribution in [0.2, 0.25) is 0 Å². The zero-order valence-corrected chi connectivity index (χ0v) is 16.8. The number of rotatable bonds is 6. The molecular weight excluding hydrogens is 356 g/mol. The van der Waals surface area contributed by atoms with Crippen molar-refractivity contribution in [2.45, 2.75) is 13.0 Å². The van der Waals surface area contributed by atoms with E-state index in [0.717, 1.165) is 32.6 Å². The molecule has 2 aromatic rings. The van der Waals surface area contributed by atoms with E-state index in [1.165, 1.54) is 12.7 Å². The van der Waals surface area contributed by atoms with E-state index in [9.17, 15) is 4.79 Å². The summed E-state index contributed by atoms with van der Waals surface area (Å²) in [6, 6.07) is 13.9. The first-order valence-corrected chi connectivity index (χ1v) is 9.52. The van der Waals surface area contributed by atoms with Crippen LogP contribution in [0.4, 0.5) is 0 Å². The summed E-state index contributed by atoms with van der Waals surface area (Å²) >= 11 is 0. The number of carbonyl (C=O) groups is 1. The van der Waals surface area contributed by atoms with Crippen molar-refractivity contribution < 1.29 is 19.0 Å². The van der Waals surface area contributed by atoms with E-state index in [1.807, 2.05) is 11.0 Å². The monoisotopic (exact) mass is 384 g/mol. The van der Waals surface area contributed by atoms with Crippen LogP contribution in [0.15, 0.2) is 42.5 Å². The number of nitrogens with zero attached hydrogens (tertiary/aromatic N) is 2. The van der Waals surface area contributed by atoms with Crippen LogP contribution in [0.5, 0.6) is 17.2 Å². The van der Waals surface area contributed by atoms with Crippen molar-refractivity contribution >= 4 is 5.91 Å². The van der Waals surface area contributed by atoms with Crippen LogP contribution in [0.1, 0.15) is 22.3 Å². The lowest BCUT2D eigenvalue weighted by Crippen LogP contribution is -2.35. The van der Waals surface area contributed by atoms with E-state index >= 15 is 0 Å². The molecule has 0 spiro atoms. The van der Waals surface area contributed by atoms with E-state index in [4.69, 9.17) is 14.2 Å². The normalized spacial score (nSPS) is 15.0. The summed E-state index contributed by atoms with van der Waals surface area (Å²) in [6.07, 6.45) is 0.939. The molecule has 2 aromatic carbocycles. The standard InChI is InChI=1S/C22H28N2O4/c1-26-19-11-10-18(20(27-2)21(19)28-3)22(25)24-13-7-12-23(14-15-24)16-17-8-5-4-6-9-17/h4-6,8-11H,7,12-16H2,1-3H3. The predicted molar refractivity (Wildman–Crippen MR) is 108 cm³/mol. The maximum atomic E-state index is 13.2. The highest BCUT2D eigenvalue weighted by Crippen LogP contribution is 2.40. The second kappa shape index (κ2) is 9.46. The van der Waals surface area contributed by atoms with Gasteiger partial charge in [0.15, 0.2) is 11.5 Å². The SMILES string of the molecule is COc1ccc(C(=O)N2CCCN(Cc3ccccc3)CC2)c(OC)c1OC. The summed E-state index contributed by atoms with van der Waals surface area (Å²) < 4.78 is 16.2. The predicted octanol–water partition coefficient (Wildman–Crippen LogP) is 3.06. The molecule has 0 aromatic heterocycles. The van der Waals surface area contributed by atoms with Gasteiger partial charge in [0, 0.05) is 32.7 Å². The van der Waals surface area contributed by atoms with Gasteiger partial charge < -0.3 is 19.1 Å². The van der Waals surface area contributed by atoms with Gasteiger partial charge in [0.05, 0.1) is 26.9 Å². The summed E-state index contributed by atoms with van der Waals surface area (Å²) in [6.45, 7) is 4.13. The third-order valence-electron chi connectivity index (χ3n) is 5.06. The van der Waals surface area contributed by atoms with E-state index in [0.29, 0.717) is 29.4 Å². The van der Waals surface area contributed by atoms with Gasteiger partial charge in [-0.2, -0.15) is 0 Å². The van der Waals surface area contributed by atoms with Gasteiger partial charge in [0.2, 0.25) is 5.75 Å². The average Bonchev–Trinajstić information content (AvgIpc) is 2.98. The molecule has 0 unspecified atom stereocenters. The van der Waals surface area contributed by atoms with Crippen molar-refractivity contribution in [1.82, 2.24) is 9.80 Å². The maximum absolute atomic E-state index is 13.2. The van der Waals surface area contributed by atoms with Crippen LogP contribution in [-0.4, -0.2) is 63.2 Å². The summed E-state index contributed by atoms with van der Waals surface area (Å²) in [5.74, 6) is 1.36. The van der Waals surface area contributed by atoms with Gasteiger partial charge in [-0.05, 0) is 24.1 Å². The Kier molecular flexibility index (Phi) is 6.76. The molecule has 3 rings (SSSR count).